The molecule has 5 rings (SSSR count). The van der Waals surface area contributed by atoms with E-state index in [2.05, 4.69) is 16.9 Å². The van der Waals surface area contributed by atoms with Crippen molar-refractivity contribution in [1.29, 1.82) is 0 Å². The first-order valence-electron chi connectivity index (χ1n) is 7.42. The fourth-order valence-corrected chi connectivity index (χ4v) is 5.44. The fraction of sp³-hybridized carbons (Fsp3) is 0.800. The van der Waals surface area contributed by atoms with E-state index in [4.69, 9.17) is 5.73 Å². The summed E-state index contributed by atoms with van der Waals surface area (Å²) in [7, 11) is 0. The molecule has 98 valence electrons. The molecule has 0 radical (unpaired) electrons. The van der Waals surface area contributed by atoms with E-state index in [0.29, 0.717) is 5.41 Å². The summed E-state index contributed by atoms with van der Waals surface area (Å²) in [5.41, 5.74) is 8.10. The molecule has 4 saturated carbocycles. The topological polar surface area (TPSA) is 54.7 Å². The monoisotopic (exact) mass is 245 g/mol. The van der Waals surface area contributed by atoms with E-state index in [1.807, 2.05) is 6.20 Å². The van der Waals surface area contributed by atoms with Crippen molar-refractivity contribution in [3.8, 4) is 0 Å². The highest BCUT2D eigenvalue weighted by atomic mass is 15.0. The lowest BCUT2D eigenvalue weighted by Crippen LogP contribution is -2.51. The lowest BCUT2D eigenvalue weighted by atomic mass is 9.47. The van der Waals surface area contributed by atoms with E-state index in [9.17, 15) is 0 Å². The summed E-state index contributed by atoms with van der Waals surface area (Å²) in [4.78, 5) is 7.86. The van der Waals surface area contributed by atoms with Crippen molar-refractivity contribution < 1.29 is 0 Å². The molecule has 4 aliphatic carbocycles. The third-order valence-corrected chi connectivity index (χ3v) is 5.76. The standard InChI is InChI=1S/C15H23N3/c1-9-8-17-14(18-9)13(16)15-5-10-2-11(6-15)4-12(3-10)7-15/h8,10-13H,2-7,16H2,1H3,(H,17,18). The Morgan fingerprint density at radius 3 is 2.22 bits per heavy atom. The predicted molar refractivity (Wildman–Crippen MR) is 70.9 cm³/mol. The SMILES string of the molecule is Cc1cnc(C(N)C23CC4CC(CC(C4)C2)C3)[nH]1. The fourth-order valence-electron chi connectivity index (χ4n) is 5.44. The second kappa shape index (κ2) is 3.60. The van der Waals surface area contributed by atoms with Crippen molar-refractivity contribution in [2.24, 2.45) is 28.9 Å². The first-order chi connectivity index (χ1) is 8.64. The van der Waals surface area contributed by atoms with Gasteiger partial charge in [0.2, 0.25) is 0 Å². The predicted octanol–water partition coefficient (Wildman–Crippen LogP) is 2.93. The number of nitrogens with two attached hydrogens (primary N) is 1. The summed E-state index contributed by atoms with van der Waals surface area (Å²) in [5.74, 6) is 3.89. The second-order valence-corrected chi connectivity index (χ2v) is 7.21. The number of H-pyrrole nitrogens is 1. The molecule has 0 aliphatic heterocycles. The largest absolute Gasteiger partial charge is 0.345 e. The highest BCUT2D eigenvalue weighted by Gasteiger charge is 2.54. The van der Waals surface area contributed by atoms with Gasteiger partial charge >= 0.3 is 0 Å². The number of hydrogen-bond acceptors (Lipinski definition) is 2. The van der Waals surface area contributed by atoms with Gasteiger partial charge in [0, 0.05) is 11.9 Å². The molecule has 3 heteroatoms. The Labute approximate surface area is 109 Å². The lowest BCUT2D eigenvalue weighted by molar-refractivity contribution is -0.0690. The highest BCUT2D eigenvalue weighted by molar-refractivity contribution is 5.12. The number of aromatic nitrogens is 2. The smallest absolute Gasteiger partial charge is 0.123 e. The van der Waals surface area contributed by atoms with Gasteiger partial charge in [-0.1, -0.05) is 0 Å². The molecule has 18 heavy (non-hydrogen) atoms. The maximum absolute atomic E-state index is 6.61. The molecular formula is C15H23N3. The van der Waals surface area contributed by atoms with Crippen molar-refractivity contribution in [2.75, 3.05) is 0 Å². The quantitative estimate of drug-likeness (QED) is 0.841. The van der Waals surface area contributed by atoms with Crippen LogP contribution < -0.4 is 5.73 Å². The van der Waals surface area contributed by atoms with Crippen LogP contribution in [0.5, 0.6) is 0 Å². The third kappa shape index (κ3) is 1.49. The number of imidazole rings is 1. The minimum atomic E-state index is 0.125. The van der Waals surface area contributed by atoms with Crippen LogP contribution in [0, 0.1) is 30.1 Å². The zero-order chi connectivity index (χ0) is 12.3. The maximum atomic E-state index is 6.61. The minimum Gasteiger partial charge on any atom is -0.345 e. The van der Waals surface area contributed by atoms with Crippen molar-refractivity contribution >= 4 is 0 Å². The Bertz CT molecular complexity index is 427. The minimum absolute atomic E-state index is 0.125. The number of hydrogen-bond donors (Lipinski definition) is 2. The number of aryl methyl sites for hydroxylation is 1. The van der Waals surface area contributed by atoms with Crippen LogP contribution >= 0.6 is 0 Å². The summed E-state index contributed by atoms with van der Waals surface area (Å²) in [6.07, 6.45) is 10.4. The van der Waals surface area contributed by atoms with Crippen molar-refractivity contribution in [2.45, 2.75) is 51.5 Å². The summed E-state index contributed by atoms with van der Waals surface area (Å²) < 4.78 is 0. The molecule has 4 fully saturated rings. The molecule has 1 unspecified atom stereocenters. The normalized spacial score (nSPS) is 43.3. The van der Waals surface area contributed by atoms with Gasteiger partial charge in [-0.15, -0.1) is 0 Å². The number of nitrogens with one attached hydrogen (secondary N) is 1. The van der Waals surface area contributed by atoms with Crippen LogP contribution in [0.4, 0.5) is 0 Å². The highest BCUT2D eigenvalue weighted by Crippen LogP contribution is 2.63. The van der Waals surface area contributed by atoms with Gasteiger partial charge in [0.1, 0.15) is 5.82 Å². The first kappa shape index (κ1) is 11.0. The van der Waals surface area contributed by atoms with Crippen LogP contribution in [0.1, 0.15) is 56.1 Å². The van der Waals surface area contributed by atoms with Crippen LogP contribution in [0.3, 0.4) is 0 Å². The van der Waals surface area contributed by atoms with Gasteiger partial charge in [-0.2, -0.15) is 0 Å². The molecule has 4 aliphatic rings. The molecule has 1 aromatic rings. The van der Waals surface area contributed by atoms with E-state index in [-0.39, 0.29) is 6.04 Å². The van der Waals surface area contributed by atoms with E-state index in [1.54, 1.807) is 0 Å². The van der Waals surface area contributed by atoms with E-state index < -0.39 is 0 Å². The maximum Gasteiger partial charge on any atom is 0.123 e. The number of nitrogens with zero attached hydrogens (tertiary/aromatic N) is 1. The van der Waals surface area contributed by atoms with Crippen LogP contribution in [0.15, 0.2) is 6.20 Å². The van der Waals surface area contributed by atoms with Gasteiger partial charge in [0.25, 0.3) is 0 Å². The average molecular weight is 245 g/mol. The van der Waals surface area contributed by atoms with Gasteiger partial charge in [-0.3, -0.25) is 0 Å². The molecule has 3 nitrogen and oxygen atoms in total. The Hall–Kier alpha value is -0.830. The average Bonchev–Trinajstić information content (AvgIpc) is 2.73. The molecule has 1 aromatic heterocycles. The Kier molecular flexibility index (Phi) is 2.20. The first-order valence-corrected chi connectivity index (χ1v) is 7.42. The summed E-state index contributed by atoms with van der Waals surface area (Å²) in [6.45, 7) is 2.06. The third-order valence-electron chi connectivity index (χ3n) is 5.76. The molecule has 0 saturated heterocycles. The molecule has 0 spiro atoms. The van der Waals surface area contributed by atoms with Crippen LogP contribution in [0.2, 0.25) is 0 Å². The Morgan fingerprint density at radius 1 is 1.22 bits per heavy atom. The number of rotatable bonds is 2. The lowest BCUT2D eigenvalue weighted by Gasteiger charge is -2.58. The Balaban J connectivity index is 1.67. The number of aromatic amines is 1. The van der Waals surface area contributed by atoms with E-state index in [0.717, 1.165) is 29.3 Å². The van der Waals surface area contributed by atoms with Gasteiger partial charge in [0.15, 0.2) is 0 Å². The van der Waals surface area contributed by atoms with E-state index in [1.165, 1.54) is 38.5 Å². The summed E-state index contributed by atoms with van der Waals surface area (Å²) in [5, 5.41) is 0. The molecular weight excluding hydrogens is 222 g/mol. The van der Waals surface area contributed by atoms with Gasteiger partial charge in [-0.05, 0) is 68.6 Å². The molecule has 1 atom stereocenters. The summed E-state index contributed by atoms with van der Waals surface area (Å²) in [6, 6.07) is 0.125. The molecule has 3 N–H and O–H groups in total. The van der Waals surface area contributed by atoms with Gasteiger partial charge in [-0.25, -0.2) is 4.98 Å². The zero-order valence-electron chi connectivity index (χ0n) is 11.2. The van der Waals surface area contributed by atoms with Gasteiger partial charge < -0.3 is 10.7 Å². The molecule has 4 bridgehead atoms. The van der Waals surface area contributed by atoms with Crippen molar-refractivity contribution in [3.63, 3.8) is 0 Å². The van der Waals surface area contributed by atoms with Crippen LogP contribution in [-0.4, -0.2) is 9.97 Å². The zero-order valence-corrected chi connectivity index (χ0v) is 11.2. The van der Waals surface area contributed by atoms with Gasteiger partial charge in [0.05, 0.1) is 6.04 Å². The Morgan fingerprint density at radius 2 is 1.78 bits per heavy atom. The van der Waals surface area contributed by atoms with Crippen molar-refractivity contribution in [1.82, 2.24) is 9.97 Å². The molecule has 1 heterocycles. The van der Waals surface area contributed by atoms with Crippen LogP contribution in [-0.2, 0) is 0 Å². The van der Waals surface area contributed by atoms with Crippen LogP contribution in [0.25, 0.3) is 0 Å². The van der Waals surface area contributed by atoms with E-state index >= 15 is 0 Å². The molecule has 0 aromatic carbocycles. The molecule has 0 amide bonds. The van der Waals surface area contributed by atoms with Crippen molar-refractivity contribution in [3.05, 3.63) is 17.7 Å². The second-order valence-electron chi connectivity index (χ2n) is 7.21. The summed E-state index contributed by atoms with van der Waals surface area (Å²) >= 11 is 0.